The maximum Gasteiger partial charge on any atom is 0.342 e. The van der Waals surface area contributed by atoms with E-state index in [-0.39, 0.29) is 23.5 Å². The highest BCUT2D eigenvalue weighted by Gasteiger charge is 2.24. The number of fused-ring (bicyclic) bond motifs is 1. The number of rotatable bonds is 4. The number of hydrogen-bond acceptors (Lipinski definition) is 6. The quantitative estimate of drug-likeness (QED) is 0.254. The Morgan fingerprint density at radius 3 is 2.42 bits per heavy atom. The molecule has 1 heterocycles. The lowest BCUT2D eigenvalue weighted by atomic mass is 9.99. The molecule has 0 amide bonds. The van der Waals surface area contributed by atoms with Gasteiger partial charge in [0, 0.05) is 18.9 Å². The van der Waals surface area contributed by atoms with Crippen molar-refractivity contribution in [2.24, 2.45) is 5.16 Å². The molecule has 1 atom stereocenters. The van der Waals surface area contributed by atoms with Crippen LogP contribution in [0.3, 0.4) is 0 Å². The number of nitrogens with zero attached hydrogens (tertiary/aromatic N) is 1. The highest BCUT2D eigenvalue weighted by Crippen LogP contribution is 2.32. The third-order valence-electron chi connectivity index (χ3n) is 5.76. The van der Waals surface area contributed by atoms with Gasteiger partial charge in [-0.2, -0.15) is 0 Å². The Labute approximate surface area is 210 Å². The van der Waals surface area contributed by atoms with Crippen molar-refractivity contribution in [2.45, 2.75) is 38.4 Å². The largest absolute Gasteiger partial charge is 0.508 e. The fraction of sp³-hybridized carbons (Fsp3) is 0.200. The van der Waals surface area contributed by atoms with Gasteiger partial charge in [0.1, 0.15) is 29.8 Å². The van der Waals surface area contributed by atoms with Gasteiger partial charge in [0.2, 0.25) is 0 Å². The number of esters is 1. The lowest BCUT2D eigenvalue weighted by Crippen LogP contribution is -2.15. The number of aromatic hydroxyl groups is 2. The Hall–Kier alpha value is -4.32. The number of allylic oxidation sites excluding steroid dienone is 3. The molecular weight excluding hydrogens is 454 g/mol. The van der Waals surface area contributed by atoms with E-state index >= 15 is 0 Å². The molecule has 0 saturated carbocycles. The third kappa shape index (κ3) is 6.85. The summed E-state index contributed by atoms with van der Waals surface area (Å²) >= 11 is 0. The number of phenols is 2. The summed E-state index contributed by atoms with van der Waals surface area (Å²) in [6.45, 7) is 0.292. The summed E-state index contributed by atoms with van der Waals surface area (Å²) in [5.74, 6) is -1.18. The molecule has 6 nitrogen and oxygen atoms in total. The van der Waals surface area contributed by atoms with Crippen LogP contribution in [0.1, 0.15) is 52.4 Å². The first-order valence-corrected chi connectivity index (χ1v) is 11.9. The topological polar surface area (TPSA) is 88.4 Å². The van der Waals surface area contributed by atoms with Crippen LogP contribution in [0.4, 0.5) is 0 Å². The van der Waals surface area contributed by atoms with Crippen LogP contribution < -0.4 is 0 Å². The SMILES string of the molecule is O=C1O[C@@H](c2ccccc2)CC=CCCC=CC(=NOCc2ccccc2)Cc2cc(O)cc(O)c21. The Morgan fingerprint density at radius 1 is 0.917 bits per heavy atom. The minimum Gasteiger partial charge on any atom is -0.508 e. The Bertz CT molecular complexity index is 1250. The summed E-state index contributed by atoms with van der Waals surface area (Å²) in [5.41, 5.74) is 2.77. The van der Waals surface area contributed by atoms with Crippen molar-refractivity contribution in [3.05, 3.63) is 119 Å². The lowest BCUT2D eigenvalue weighted by Gasteiger charge is -2.19. The first-order valence-electron chi connectivity index (χ1n) is 11.9. The summed E-state index contributed by atoms with van der Waals surface area (Å²) < 4.78 is 5.88. The normalized spacial score (nSPS) is 17.7. The molecule has 0 fully saturated rings. The van der Waals surface area contributed by atoms with Gasteiger partial charge in [-0.15, -0.1) is 0 Å². The molecule has 0 aliphatic carbocycles. The van der Waals surface area contributed by atoms with Crippen LogP contribution in [0.5, 0.6) is 11.5 Å². The molecule has 1 aliphatic heterocycles. The number of ether oxygens (including phenoxy) is 1. The van der Waals surface area contributed by atoms with Crippen molar-refractivity contribution in [1.82, 2.24) is 0 Å². The predicted molar refractivity (Wildman–Crippen MR) is 139 cm³/mol. The zero-order valence-electron chi connectivity index (χ0n) is 19.9. The molecule has 4 rings (SSSR count). The van der Waals surface area contributed by atoms with Crippen LogP contribution in [-0.2, 0) is 22.6 Å². The van der Waals surface area contributed by atoms with E-state index in [0.29, 0.717) is 24.3 Å². The van der Waals surface area contributed by atoms with E-state index in [2.05, 4.69) is 11.2 Å². The van der Waals surface area contributed by atoms with Crippen LogP contribution in [0.15, 0.2) is 102 Å². The minimum atomic E-state index is -0.671. The molecule has 184 valence electrons. The highest BCUT2D eigenvalue weighted by molar-refractivity contribution is 6.00. The number of carbonyl (C=O) groups excluding carboxylic acids is 1. The Kier molecular flexibility index (Phi) is 8.54. The van der Waals surface area contributed by atoms with Gasteiger partial charge in [-0.25, -0.2) is 4.79 Å². The number of oxime groups is 1. The molecule has 2 N–H and O–H groups in total. The first-order chi connectivity index (χ1) is 17.6. The maximum atomic E-state index is 13.3. The van der Waals surface area contributed by atoms with Gasteiger partial charge >= 0.3 is 5.97 Å². The van der Waals surface area contributed by atoms with Crippen LogP contribution in [0.25, 0.3) is 0 Å². The zero-order valence-corrected chi connectivity index (χ0v) is 19.9. The summed E-state index contributed by atoms with van der Waals surface area (Å²) in [5, 5.41) is 25.1. The second-order valence-corrected chi connectivity index (χ2v) is 8.51. The predicted octanol–water partition coefficient (Wildman–Crippen LogP) is 6.41. The van der Waals surface area contributed by atoms with Crippen LogP contribution in [0, 0.1) is 0 Å². The van der Waals surface area contributed by atoms with Crippen molar-refractivity contribution in [2.75, 3.05) is 0 Å². The average Bonchev–Trinajstić information content (AvgIpc) is 2.87. The molecule has 6 heteroatoms. The fourth-order valence-electron chi connectivity index (χ4n) is 3.98. The lowest BCUT2D eigenvalue weighted by molar-refractivity contribution is 0.0299. The standard InChI is InChI=1S/C30H29NO5/c32-26-19-24-18-25(31-35-21-22-12-6-4-7-13-22)16-10-2-1-3-11-17-28(23-14-8-5-9-15-23)36-30(34)29(24)27(33)20-26/h3-16,19-20,28,32-33H,1-2,17-18,21H2/t28-/m1/s1. The monoisotopic (exact) mass is 483 g/mol. The van der Waals surface area contributed by atoms with Gasteiger partial charge in [0.05, 0.1) is 5.71 Å². The molecule has 1 aliphatic rings. The van der Waals surface area contributed by atoms with E-state index < -0.39 is 12.1 Å². The van der Waals surface area contributed by atoms with Crippen molar-refractivity contribution >= 4 is 11.7 Å². The van der Waals surface area contributed by atoms with E-state index in [1.807, 2.05) is 78.9 Å². The molecule has 0 unspecified atom stereocenters. The smallest absolute Gasteiger partial charge is 0.342 e. The average molecular weight is 484 g/mol. The van der Waals surface area contributed by atoms with Gasteiger partial charge in [-0.1, -0.05) is 84.0 Å². The Morgan fingerprint density at radius 2 is 1.64 bits per heavy atom. The number of carbonyl (C=O) groups is 1. The molecule has 0 spiro atoms. The van der Waals surface area contributed by atoms with Crippen LogP contribution >= 0.6 is 0 Å². The number of hydrogen-bond donors (Lipinski definition) is 2. The summed E-state index contributed by atoms with van der Waals surface area (Å²) in [4.78, 5) is 18.9. The molecule has 36 heavy (non-hydrogen) atoms. The van der Waals surface area contributed by atoms with Crippen LogP contribution in [-0.4, -0.2) is 21.9 Å². The van der Waals surface area contributed by atoms with Crippen molar-refractivity contribution < 1.29 is 24.6 Å². The van der Waals surface area contributed by atoms with Gasteiger partial charge < -0.3 is 19.8 Å². The highest BCUT2D eigenvalue weighted by atomic mass is 16.6. The van der Waals surface area contributed by atoms with E-state index in [9.17, 15) is 15.0 Å². The second-order valence-electron chi connectivity index (χ2n) is 8.51. The van der Waals surface area contributed by atoms with E-state index in [1.54, 1.807) is 0 Å². The maximum absolute atomic E-state index is 13.3. The van der Waals surface area contributed by atoms with Crippen LogP contribution in [0.2, 0.25) is 0 Å². The first kappa shape index (κ1) is 24.8. The molecule has 3 aromatic carbocycles. The fourth-order valence-corrected chi connectivity index (χ4v) is 3.98. The summed E-state index contributed by atoms with van der Waals surface area (Å²) in [6.07, 6.45) is 9.66. The second kappa shape index (κ2) is 12.4. The van der Waals surface area contributed by atoms with Gasteiger partial charge in [-0.3, -0.25) is 0 Å². The van der Waals surface area contributed by atoms with Gasteiger partial charge in [-0.05, 0) is 41.7 Å². The van der Waals surface area contributed by atoms with E-state index in [4.69, 9.17) is 9.57 Å². The molecule has 3 aromatic rings. The van der Waals surface area contributed by atoms with Gasteiger partial charge in [0.25, 0.3) is 0 Å². The molecule has 0 saturated heterocycles. The molecule has 0 radical (unpaired) electrons. The molecule has 0 aromatic heterocycles. The minimum absolute atomic E-state index is 0.000991. The summed E-state index contributed by atoms with van der Waals surface area (Å²) in [6, 6.07) is 21.8. The summed E-state index contributed by atoms with van der Waals surface area (Å²) in [7, 11) is 0. The number of phenolic OH excluding ortho intramolecular Hbond substituents is 2. The zero-order chi connectivity index (χ0) is 25.2. The number of benzene rings is 3. The van der Waals surface area contributed by atoms with Crippen molar-refractivity contribution in [3.63, 3.8) is 0 Å². The van der Waals surface area contributed by atoms with E-state index in [0.717, 1.165) is 30.0 Å². The van der Waals surface area contributed by atoms with Crippen molar-refractivity contribution in [1.29, 1.82) is 0 Å². The Balaban J connectivity index is 1.66. The van der Waals surface area contributed by atoms with Gasteiger partial charge in [0.15, 0.2) is 0 Å². The molecular formula is C30H29NO5. The number of cyclic esters (lactones) is 1. The van der Waals surface area contributed by atoms with E-state index in [1.165, 1.54) is 6.07 Å². The molecule has 0 bridgehead atoms. The third-order valence-corrected chi connectivity index (χ3v) is 5.76. The van der Waals surface area contributed by atoms with Crippen molar-refractivity contribution in [3.8, 4) is 11.5 Å².